The van der Waals surface area contributed by atoms with Gasteiger partial charge in [0.1, 0.15) is 5.69 Å². The summed E-state index contributed by atoms with van der Waals surface area (Å²) in [6.45, 7) is 0.379. The average Bonchev–Trinajstić information content (AvgIpc) is 2.34. The number of aromatic carboxylic acids is 1. The highest BCUT2D eigenvalue weighted by Crippen LogP contribution is 2.01. The summed E-state index contributed by atoms with van der Waals surface area (Å²) in [5.74, 6) is -1.66. The number of hydrogen-bond donors (Lipinski definition) is 4. The molecule has 1 heterocycles. The van der Waals surface area contributed by atoms with Gasteiger partial charge in [0.05, 0.1) is 0 Å². The van der Waals surface area contributed by atoms with Crippen LogP contribution in [0.4, 0.5) is 4.79 Å². The average molecular weight is 252 g/mol. The van der Waals surface area contributed by atoms with Gasteiger partial charge in [0.2, 0.25) is 0 Å². The standard InChI is InChI=1S/C10H12N4O4/c11-10(18)14-4-3-13-8(15)6-1-2-12-7(5-6)9(16)17/h1-2,5H,3-4H2,(H,13,15)(H,16,17)(H3,11,14,18). The molecule has 96 valence electrons. The van der Waals surface area contributed by atoms with Crippen LogP contribution >= 0.6 is 0 Å². The second-order valence-corrected chi connectivity index (χ2v) is 3.28. The molecule has 0 atom stereocenters. The van der Waals surface area contributed by atoms with E-state index in [1.54, 1.807) is 0 Å². The number of hydrogen-bond acceptors (Lipinski definition) is 4. The molecule has 1 rings (SSSR count). The molecule has 1 aromatic rings. The van der Waals surface area contributed by atoms with Crippen molar-refractivity contribution in [2.75, 3.05) is 13.1 Å². The zero-order valence-corrected chi connectivity index (χ0v) is 9.34. The van der Waals surface area contributed by atoms with Gasteiger partial charge >= 0.3 is 12.0 Å². The van der Waals surface area contributed by atoms with Crippen molar-refractivity contribution in [1.29, 1.82) is 0 Å². The predicted molar refractivity (Wildman–Crippen MR) is 61.1 cm³/mol. The van der Waals surface area contributed by atoms with Crippen molar-refractivity contribution in [3.8, 4) is 0 Å². The van der Waals surface area contributed by atoms with E-state index in [9.17, 15) is 14.4 Å². The summed E-state index contributed by atoms with van der Waals surface area (Å²) in [6, 6.07) is 1.88. The summed E-state index contributed by atoms with van der Waals surface area (Å²) in [6.07, 6.45) is 1.24. The number of primary amides is 1. The number of amides is 3. The summed E-state index contributed by atoms with van der Waals surface area (Å²) < 4.78 is 0. The third-order valence-corrected chi connectivity index (χ3v) is 1.95. The number of carbonyl (C=O) groups excluding carboxylic acids is 2. The van der Waals surface area contributed by atoms with Crippen LogP contribution in [0.15, 0.2) is 18.3 Å². The Hall–Kier alpha value is -2.64. The maximum absolute atomic E-state index is 11.6. The highest BCUT2D eigenvalue weighted by molar-refractivity contribution is 5.96. The molecular formula is C10H12N4O4. The van der Waals surface area contributed by atoms with Crippen LogP contribution in [0, 0.1) is 0 Å². The SMILES string of the molecule is NC(=O)NCCNC(=O)c1ccnc(C(=O)O)c1. The number of nitrogens with one attached hydrogen (secondary N) is 2. The van der Waals surface area contributed by atoms with E-state index in [0.29, 0.717) is 0 Å². The molecule has 0 saturated heterocycles. The van der Waals surface area contributed by atoms with E-state index in [1.165, 1.54) is 18.3 Å². The van der Waals surface area contributed by atoms with Crippen molar-refractivity contribution >= 4 is 17.9 Å². The number of carboxylic acids is 1. The van der Waals surface area contributed by atoms with Crippen molar-refractivity contribution in [2.45, 2.75) is 0 Å². The van der Waals surface area contributed by atoms with Crippen molar-refractivity contribution < 1.29 is 19.5 Å². The van der Waals surface area contributed by atoms with Gasteiger partial charge in [0.25, 0.3) is 5.91 Å². The molecule has 0 aliphatic carbocycles. The van der Waals surface area contributed by atoms with E-state index in [2.05, 4.69) is 15.6 Å². The third kappa shape index (κ3) is 4.08. The molecule has 0 aromatic carbocycles. The lowest BCUT2D eigenvalue weighted by molar-refractivity contribution is 0.0690. The van der Waals surface area contributed by atoms with E-state index in [-0.39, 0.29) is 24.3 Å². The quantitative estimate of drug-likeness (QED) is 0.508. The van der Waals surface area contributed by atoms with Gasteiger partial charge in [0, 0.05) is 24.8 Å². The third-order valence-electron chi connectivity index (χ3n) is 1.95. The minimum absolute atomic E-state index is 0.182. The minimum atomic E-state index is -1.21. The number of nitrogens with two attached hydrogens (primary N) is 1. The Morgan fingerprint density at radius 1 is 1.28 bits per heavy atom. The molecule has 3 amide bonds. The largest absolute Gasteiger partial charge is 0.477 e. The fourth-order valence-electron chi connectivity index (χ4n) is 1.15. The highest BCUT2D eigenvalue weighted by Gasteiger charge is 2.09. The van der Waals surface area contributed by atoms with Gasteiger partial charge < -0.3 is 21.5 Å². The molecule has 0 aliphatic heterocycles. The number of aromatic nitrogens is 1. The second kappa shape index (κ2) is 6.18. The van der Waals surface area contributed by atoms with Crippen molar-refractivity contribution in [1.82, 2.24) is 15.6 Å². The van der Waals surface area contributed by atoms with Gasteiger partial charge in [0.15, 0.2) is 0 Å². The van der Waals surface area contributed by atoms with Crippen LogP contribution in [-0.4, -0.2) is 41.1 Å². The Balaban J connectivity index is 2.53. The van der Waals surface area contributed by atoms with E-state index in [4.69, 9.17) is 10.8 Å². The summed E-state index contributed by atoms with van der Waals surface area (Å²) in [5.41, 5.74) is 4.81. The number of rotatable bonds is 5. The lowest BCUT2D eigenvalue weighted by atomic mass is 10.2. The van der Waals surface area contributed by atoms with Crippen molar-refractivity contribution in [3.05, 3.63) is 29.6 Å². The normalized spacial score (nSPS) is 9.56. The van der Waals surface area contributed by atoms with Gasteiger partial charge in [-0.3, -0.25) is 4.79 Å². The van der Waals surface area contributed by atoms with Crippen molar-refractivity contribution in [3.63, 3.8) is 0 Å². The molecule has 8 nitrogen and oxygen atoms in total. The van der Waals surface area contributed by atoms with Crippen LogP contribution in [0.1, 0.15) is 20.8 Å². The topological polar surface area (TPSA) is 134 Å². The number of pyridine rings is 1. The van der Waals surface area contributed by atoms with E-state index < -0.39 is 17.9 Å². The first kappa shape index (κ1) is 13.4. The van der Waals surface area contributed by atoms with E-state index >= 15 is 0 Å². The number of nitrogens with zero attached hydrogens (tertiary/aromatic N) is 1. The van der Waals surface area contributed by atoms with Gasteiger partial charge in [-0.25, -0.2) is 14.6 Å². The maximum atomic E-state index is 11.6. The summed E-state index contributed by atoms with van der Waals surface area (Å²) >= 11 is 0. The first-order valence-corrected chi connectivity index (χ1v) is 5.01. The van der Waals surface area contributed by atoms with Crippen LogP contribution in [0.25, 0.3) is 0 Å². The van der Waals surface area contributed by atoms with Gasteiger partial charge in [-0.05, 0) is 12.1 Å². The molecule has 0 fully saturated rings. The molecule has 0 aliphatic rings. The van der Waals surface area contributed by atoms with Crippen LogP contribution in [0.2, 0.25) is 0 Å². The van der Waals surface area contributed by atoms with Crippen LogP contribution in [0.5, 0.6) is 0 Å². The first-order valence-electron chi connectivity index (χ1n) is 5.01. The first-order chi connectivity index (χ1) is 8.50. The van der Waals surface area contributed by atoms with Gasteiger partial charge in [-0.15, -0.1) is 0 Å². The molecule has 0 bridgehead atoms. The zero-order valence-electron chi connectivity index (χ0n) is 9.34. The Morgan fingerprint density at radius 3 is 2.56 bits per heavy atom. The van der Waals surface area contributed by atoms with Crippen LogP contribution < -0.4 is 16.4 Å². The monoisotopic (exact) mass is 252 g/mol. The Morgan fingerprint density at radius 2 is 1.94 bits per heavy atom. The zero-order chi connectivity index (χ0) is 13.5. The second-order valence-electron chi connectivity index (χ2n) is 3.28. The predicted octanol–water partition coefficient (Wildman–Crippen LogP) is -0.822. The molecule has 5 N–H and O–H groups in total. The minimum Gasteiger partial charge on any atom is -0.477 e. The fraction of sp³-hybridized carbons (Fsp3) is 0.200. The molecular weight excluding hydrogens is 240 g/mol. The Labute approximate surface area is 102 Å². The molecule has 8 heteroatoms. The molecule has 18 heavy (non-hydrogen) atoms. The molecule has 1 aromatic heterocycles. The highest BCUT2D eigenvalue weighted by atomic mass is 16.4. The summed E-state index contributed by atoms with van der Waals surface area (Å²) in [7, 11) is 0. The van der Waals surface area contributed by atoms with E-state index in [1.807, 2.05) is 0 Å². The summed E-state index contributed by atoms with van der Waals surface area (Å²) in [4.78, 5) is 36.2. The number of carbonyl (C=O) groups is 3. The molecule has 0 spiro atoms. The fourth-order valence-corrected chi connectivity index (χ4v) is 1.15. The van der Waals surface area contributed by atoms with E-state index in [0.717, 1.165) is 0 Å². The number of carboxylic acid groups (broad SMARTS) is 1. The Bertz CT molecular complexity index is 475. The lowest BCUT2D eigenvalue weighted by Gasteiger charge is -2.05. The van der Waals surface area contributed by atoms with Crippen molar-refractivity contribution in [2.24, 2.45) is 5.73 Å². The molecule has 0 saturated carbocycles. The van der Waals surface area contributed by atoms with Gasteiger partial charge in [-0.1, -0.05) is 0 Å². The molecule has 0 radical (unpaired) electrons. The molecule has 0 unspecified atom stereocenters. The van der Waals surface area contributed by atoms with Crippen LogP contribution in [-0.2, 0) is 0 Å². The smallest absolute Gasteiger partial charge is 0.354 e. The Kier molecular flexibility index (Phi) is 4.61. The number of urea groups is 1. The lowest BCUT2D eigenvalue weighted by Crippen LogP contribution is -2.37. The van der Waals surface area contributed by atoms with Crippen LogP contribution in [0.3, 0.4) is 0 Å². The van der Waals surface area contributed by atoms with Gasteiger partial charge in [-0.2, -0.15) is 0 Å². The summed E-state index contributed by atoms with van der Waals surface area (Å²) in [5, 5.41) is 13.5. The maximum Gasteiger partial charge on any atom is 0.354 e.